The van der Waals surface area contributed by atoms with E-state index in [4.69, 9.17) is 0 Å². The molecule has 0 aliphatic heterocycles. The number of guanidine groups is 1. The number of thiophene rings is 1. The minimum Gasteiger partial charge on any atom is -0.354 e. The van der Waals surface area contributed by atoms with Gasteiger partial charge in [-0.25, -0.2) is 4.98 Å². The zero-order valence-electron chi connectivity index (χ0n) is 15.2. The first-order chi connectivity index (χ1) is 12.0. The lowest BCUT2D eigenvalue weighted by Gasteiger charge is -2.17. The average Bonchev–Trinajstić information content (AvgIpc) is 3.16. The molecule has 3 heterocycles. The maximum absolute atomic E-state index is 4.65. The second-order valence-corrected chi connectivity index (χ2v) is 7.76. The van der Waals surface area contributed by atoms with E-state index < -0.39 is 0 Å². The number of aryl methyl sites for hydroxylation is 2. The molecule has 0 amide bonds. The van der Waals surface area contributed by atoms with Gasteiger partial charge >= 0.3 is 0 Å². The Hall–Kier alpha value is -2.34. The number of aliphatic imine (C=N–C) groups is 1. The number of nitrogens with zero attached hydrogens (tertiary/aromatic N) is 3. The van der Waals surface area contributed by atoms with Crippen LogP contribution in [0.25, 0.3) is 5.65 Å². The van der Waals surface area contributed by atoms with Gasteiger partial charge in [-0.15, -0.1) is 11.3 Å². The summed E-state index contributed by atoms with van der Waals surface area (Å²) in [6.45, 7) is 7.04. The molecular weight excluding hydrogens is 330 g/mol. The topological polar surface area (TPSA) is 53.7 Å². The van der Waals surface area contributed by atoms with Crippen LogP contribution >= 0.6 is 11.3 Å². The van der Waals surface area contributed by atoms with Crippen molar-refractivity contribution in [1.29, 1.82) is 0 Å². The zero-order valence-corrected chi connectivity index (χ0v) is 16.0. The molecule has 5 nitrogen and oxygen atoms in total. The van der Waals surface area contributed by atoms with Gasteiger partial charge in [0.15, 0.2) is 5.96 Å². The summed E-state index contributed by atoms with van der Waals surface area (Å²) < 4.78 is 2.04. The number of fused-ring (bicyclic) bond motifs is 1. The standard InChI is InChI=1S/C19H25N5S/c1-13-7-8-24-12-16(23-18(24)9-13)11-21-19(20-4)22-14(2)10-17-6-5-15(3)25-17/h5-9,12,14H,10-11H2,1-4H3,(H2,20,21,22). The molecule has 3 rings (SSSR count). The molecule has 0 radical (unpaired) electrons. The lowest BCUT2D eigenvalue weighted by atomic mass is 10.2. The molecule has 6 heteroatoms. The fraction of sp³-hybridized carbons (Fsp3) is 0.368. The first-order valence-corrected chi connectivity index (χ1v) is 9.32. The van der Waals surface area contributed by atoms with E-state index >= 15 is 0 Å². The van der Waals surface area contributed by atoms with Gasteiger partial charge in [-0.2, -0.15) is 0 Å². The Morgan fingerprint density at radius 1 is 1.32 bits per heavy atom. The molecule has 3 aromatic rings. The third-order valence-electron chi connectivity index (χ3n) is 4.01. The summed E-state index contributed by atoms with van der Waals surface area (Å²) in [5, 5.41) is 6.80. The first-order valence-electron chi connectivity index (χ1n) is 8.50. The monoisotopic (exact) mass is 355 g/mol. The quantitative estimate of drug-likeness (QED) is 0.545. The molecule has 0 saturated carbocycles. The molecule has 1 atom stereocenters. The van der Waals surface area contributed by atoms with Crippen molar-refractivity contribution in [3.05, 3.63) is 57.7 Å². The van der Waals surface area contributed by atoms with E-state index in [1.54, 1.807) is 7.05 Å². The van der Waals surface area contributed by atoms with Crippen LogP contribution in [-0.4, -0.2) is 28.4 Å². The molecule has 132 valence electrons. The molecule has 0 fully saturated rings. The molecule has 0 aliphatic carbocycles. The number of nitrogens with one attached hydrogen (secondary N) is 2. The molecule has 1 unspecified atom stereocenters. The lowest BCUT2D eigenvalue weighted by molar-refractivity contribution is 0.644. The normalized spacial score (nSPS) is 13.2. The Bertz CT molecular complexity index is 877. The molecule has 0 aliphatic rings. The Balaban J connectivity index is 1.56. The second-order valence-electron chi connectivity index (χ2n) is 6.39. The Morgan fingerprint density at radius 3 is 2.88 bits per heavy atom. The summed E-state index contributed by atoms with van der Waals surface area (Å²) in [6.07, 6.45) is 5.08. The molecule has 2 N–H and O–H groups in total. The van der Waals surface area contributed by atoms with Crippen molar-refractivity contribution in [2.75, 3.05) is 7.05 Å². The maximum atomic E-state index is 4.65. The number of rotatable bonds is 5. The predicted molar refractivity (Wildman–Crippen MR) is 105 cm³/mol. The second kappa shape index (κ2) is 7.70. The van der Waals surface area contributed by atoms with E-state index in [1.807, 2.05) is 28.1 Å². The summed E-state index contributed by atoms with van der Waals surface area (Å²) in [4.78, 5) is 11.7. The number of hydrogen-bond donors (Lipinski definition) is 2. The molecular formula is C19H25N5S. The summed E-state index contributed by atoms with van der Waals surface area (Å²) >= 11 is 1.85. The predicted octanol–water partition coefficient (Wildman–Crippen LogP) is 3.31. The van der Waals surface area contributed by atoms with Crippen LogP contribution in [0, 0.1) is 13.8 Å². The maximum Gasteiger partial charge on any atom is 0.191 e. The van der Waals surface area contributed by atoms with Crippen LogP contribution in [0.5, 0.6) is 0 Å². The fourth-order valence-electron chi connectivity index (χ4n) is 2.77. The van der Waals surface area contributed by atoms with E-state index in [-0.39, 0.29) is 0 Å². The van der Waals surface area contributed by atoms with Gasteiger partial charge in [0.25, 0.3) is 0 Å². The molecule has 0 aromatic carbocycles. The van der Waals surface area contributed by atoms with Gasteiger partial charge in [0.05, 0.1) is 12.2 Å². The van der Waals surface area contributed by atoms with Gasteiger partial charge in [0.2, 0.25) is 0 Å². The highest BCUT2D eigenvalue weighted by Crippen LogP contribution is 2.16. The number of hydrogen-bond acceptors (Lipinski definition) is 3. The van der Waals surface area contributed by atoms with E-state index in [9.17, 15) is 0 Å². The van der Waals surface area contributed by atoms with E-state index in [0.29, 0.717) is 12.6 Å². The average molecular weight is 356 g/mol. The van der Waals surface area contributed by atoms with Crippen molar-refractivity contribution in [2.24, 2.45) is 4.99 Å². The summed E-state index contributed by atoms with van der Waals surface area (Å²) in [6, 6.07) is 8.85. The number of imidazole rings is 1. The van der Waals surface area contributed by atoms with Crippen LogP contribution in [0.4, 0.5) is 0 Å². The number of pyridine rings is 1. The highest BCUT2D eigenvalue weighted by atomic mass is 32.1. The Kier molecular flexibility index (Phi) is 5.38. The summed E-state index contributed by atoms with van der Waals surface area (Å²) in [5.74, 6) is 0.800. The van der Waals surface area contributed by atoms with Gasteiger partial charge in [-0.1, -0.05) is 0 Å². The van der Waals surface area contributed by atoms with Crippen molar-refractivity contribution >= 4 is 22.9 Å². The van der Waals surface area contributed by atoms with Gasteiger partial charge in [0.1, 0.15) is 5.65 Å². The molecule has 0 saturated heterocycles. The smallest absolute Gasteiger partial charge is 0.191 e. The SMILES string of the molecule is CN=C(NCc1cn2ccc(C)cc2n1)NC(C)Cc1ccc(C)s1. The lowest BCUT2D eigenvalue weighted by Crippen LogP contribution is -2.42. The van der Waals surface area contributed by atoms with Gasteiger partial charge in [0, 0.05) is 41.7 Å². The van der Waals surface area contributed by atoms with E-state index in [1.165, 1.54) is 15.3 Å². The molecule has 3 aromatic heterocycles. The van der Waals surface area contributed by atoms with E-state index in [2.05, 4.69) is 65.6 Å². The number of aromatic nitrogens is 2. The van der Waals surface area contributed by atoms with Crippen LogP contribution in [-0.2, 0) is 13.0 Å². The molecule has 25 heavy (non-hydrogen) atoms. The van der Waals surface area contributed by atoms with Crippen molar-refractivity contribution in [3.8, 4) is 0 Å². The highest BCUT2D eigenvalue weighted by Gasteiger charge is 2.09. The fourth-order valence-corrected chi connectivity index (χ4v) is 3.79. The molecule has 0 bridgehead atoms. The Labute approximate surface area is 152 Å². The zero-order chi connectivity index (χ0) is 17.8. The van der Waals surface area contributed by atoms with Crippen molar-refractivity contribution in [3.63, 3.8) is 0 Å². The third-order valence-corrected chi connectivity index (χ3v) is 5.04. The van der Waals surface area contributed by atoms with Crippen molar-refractivity contribution < 1.29 is 0 Å². The minimum absolute atomic E-state index is 0.313. The van der Waals surface area contributed by atoms with Crippen LogP contribution in [0.15, 0.2) is 41.7 Å². The van der Waals surface area contributed by atoms with E-state index in [0.717, 1.165) is 23.7 Å². The van der Waals surface area contributed by atoms with Gasteiger partial charge in [-0.05, 0) is 50.6 Å². The summed E-state index contributed by atoms with van der Waals surface area (Å²) in [5.41, 5.74) is 3.18. The van der Waals surface area contributed by atoms with Crippen LogP contribution < -0.4 is 10.6 Å². The Morgan fingerprint density at radius 2 is 2.16 bits per heavy atom. The largest absolute Gasteiger partial charge is 0.354 e. The van der Waals surface area contributed by atoms with Gasteiger partial charge < -0.3 is 15.0 Å². The van der Waals surface area contributed by atoms with Crippen LogP contribution in [0.1, 0.15) is 27.9 Å². The van der Waals surface area contributed by atoms with Crippen molar-refractivity contribution in [1.82, 2.24) is 20.0 Å². The van der Waals surface area contributed by atoms with Crippen molar-refractivity contribution in [2.45, 2.75) is 39.8 Å². The minimum atomic E-state index is 0.313. The summed E-state index contributed by atoms with van der Waals surface area (Å²) in [7, 11) is 1.80. The molecule has 0 spiro atoms. The van der Waals surface area contributed by atoms with Crippen LogP contribution in [0.2, 0.25) is 0 Å². The third kappa shape index (κ3) is 4.60. The first kappa shape index (κ1) is 17.5. The highest BCUT2D eigenvalue weighted by molar-refractivity contribution is 7.11. The van der Waals surface area contributed by atoms with Gasteiger partial charge in [-0.3, -0.25) is 4.99 Å². The van der Waals surface area contributed by atoms with Crippen LogP contribution in [0.3, 0.4) is 0 Å².